The van der Waals surface area contributed by atoms with Crippen LogP contribution in [0.4, 0.5) is 6.01 Å². The second-order valence-corrected chi connectivity index (χ2v) is 6.52. The first-order valence-electron chi connectivity index (χ1n) is 7.44. The standard InChI is InChI=1S/C15H17Cl2N3O3/c1-2-20(7-13(21)22)10-5-9(6-10)18-15-19-12-4-8(16)3-11(17)14(12)23-15/h3-4,9-10H,2,5-7H2,1H3,(H,18,19)(H,21,22). The average Bonchev–Trinajstić information content (AvgIpc) is 2.83. The Balaban J connectivity index is 1.62. The largest absolute Gasteiger partial charge is 0.480 e. The molecule has 2 N–H and O–H groups in total. The van der Waals surface area contributed by atoms with Gasteiger partial charge in [0.25, 0.3) is 6.01 Å². The topological polar surface area (TPSA) is 78.6 Å². The van der Waals surface area contributed by atoms with Gasteiger partial charge in [0.05, 0.1) is 11.6 Å². The lowest BCUT2D eigenvalue weighted by Crippen LogP contribution is -2.51. The predicted molar refractivity (Wildman–Crippen MR) is 89.3 cm³/mol. The summed E-state index contributed by atoms with van der Waals surface area (Å²) in [4.78, 5) is 17.1. The normalized spacial score (nSPS) is 20.7. The van der Waals surface area contributed by atoms with Crippen LogP contribution in [0.15, 0.2) is 16.5 Å². The maximum absolute atomic E-state index is 10.8. The predicted octanol–water partition coefficient (Wildman–Crippen LogP) is 3.48. The van der Waals surface area contributed by atoms with Crippen molar-refractivity contribution in [2.24, 2.45) is 0 Å². The van der Waals surface area contributed by atoms with Crippen LogP contribution in [0.5, 0.6) is 0 Å². The maximum atomic E-state index is 10.8. The zero-order valence-corrected chi connectivity index (χ0v) is 14.1. The highest BCUT2D eigenvalue weighted by atomic mass is 35.5. The average molecular weight is 358 g/mol. The highest BCUT2D eigenvalue weighted by molar-refractivity contribution is 6.38. The van der Waals surface area contributed by atoms with Crippen molar-refractivity contribution >= 4 is 46.3 Å². The van der Waals surface area contributed by atoms with Gasteiger partial charge >= 0.3 is 5.97 Å². The number of anilines is 1. The van der Waals surface area contributed by atoms with Crippen molar-refractivity contribution in [2.75, 3.05) is 18.4 Å². The molecule has 8 heteroatoms. The zero-order valence-electron chi connectivity index (χ0n) is 12.6. The maximum Gasteiger partial charge on any atom is 0.317 e. The minimum absolute atomic E-state index is 0.0743. The van der Waals surface area contributed by atoms with E-state index in [1.165, 1.54) is 0 Å². The minimum Gasteiger partial charge on any atom is -0.480 e. The van der Waals surface area contributed by atoms with Crippen LogP contribution >= 0.6 is 23.2 Å². The summed E-state index contributed by atoms with van der Waals surface area (Å²) in [5.74, 6) is -0.797. The molecule has 0 atom stereocenters. The molecular formula is C15H17Cl2N3O3. The van der Waals surface area contributed by atoms with Crippen LogP contribution in [0, 0.1) is 0 Å². The number of rotatable bonds is 6. The second-order valence-electron chi connectivity index (χ2n) is 5.68. The van der Waals surface area contributed by atoms with E-state index in [1.54, 1.807) is 12.1 Å². The molecule has 0 aliphatic heterocycles. The van der Waals surface area contributed by atoms with Gasteiger partial charge < -0.3 is 14.8 Å². The Bertz CT molecular complexity index is 728. The van der Waals surface area contributed by atoms with E-state index in [2.05, 4.69) is 10.3 Å². The number of fused-ring (bicyclic) bond motifs is 1. The van der Waals surface area contributed by atoms with E-state index in [4.69, 9.17) is 32.7 Å². The third-order valence-electron chi connectivity index (χ3n) is 4.11. The lowest BCUT2D eigenvalue weighted by Gasteiger charge is -2.41. The van der Waals surface area contributed by atoms with Gasteiger partial charge in [-0.15, -0.1) is 0 Å². The molecule has 1 saturated carbocycles. The van der Waals surface area contributed by atoms with Crippen molar-refractivity contribution in [1.82, 2.24) is 9.88 Å². The van der Waals surface area contributed by atoms with Gasteiger partial charge in [0.2, 0.25) is 0 Å². The summed E-state index contributed by atoms with van der Waals surface area (Å²) in [7, 11) is 0. The first-order chi connectivity index (χ1) is 11.0. The fourth-order valence-electron chi connectivity index (χ4n) is 2.87. The zero-order chi connectivity index (χ0) is 16.6. The number of nitrogens with zero attached hydrogens (tertiary/aromatic N) is 2. The van der Waals surface area contributed by atoms with E-state index in [-0.39, 0.29) is 18.6 Å². The summed E-state index contributed by atoms with van der Waals surface area (Å²) in [5, 5.41) is 13.1. The van der Waals surface area contributed by atoms with Gasteiger partial charge in [0.1, 0.15) is 5.52 Å². The quantitative estimate of drug-likeness (QED) is 0.823. The number of halogens is 2. The minimum atomic E-state index is -0.797. The summed E-state index contributed by atoms with van der Waals surface area (Å²) in [6.45, 7) is 2.77. The van der Waals surface area contributed by atoms with Gasteiger partial charge in [-0.25, -0.2) is 0 Å². The molecule has 1 aliphatic rings. The molecule has 0 radical (unpaired) electrons. The molecule has 1 aromatic heterocycles. The molecule has 6 nitrogen and oxygen atoms in total. The Hall–Kier alpha value is -1.50. The summed E-state index contributed by atoms with van der Waals surface area (Å²) in [6, 6.07) is 4.22. The Morgan fingerprint density at radius 1 is 1.48 bits per heavy atom. The fourth-order valence-corrected chi connectivity index (χ4v) is 3.39. The van der Waals surface area contributed by atoms with Gasteiger partial charge in [-0.1, -0.05) is 30.1 Å². The Kier molecular flexibility index (Phi) is 4.66. The van der Waals surface area contributed by atoms with Crippen LogP contribution in [0.2, 0.25) is 10.0 Å². The van der Waals surface area contributed by atoms with Crippen molar-refractivity contribution < 1.29 is 14.3 Å². The number of nitrogens with one attached hydrogen (secondary N) is 1. The smallest absolute Gasteiger partial charge is 0.317 e. The number of aromatic nitrogens is 1. The Morgan fingerprint density at radius 3 is 2.87 bits per heavy atom. The Labute approximate surface area is 143 Å². The molecule has 23 heavy (non-hydrogen) atoms. The molecule has 0 amide bonds. The number of benzene rings is 1. The van der Waals surface area contributed by atoms with E-state index in [1.807, 2.05) is 11.8 Å². The van der Waals surface area contributed by atoms with E-state index >= 15 is 0 Å². The van der Waals surface area contributed by atoms with E-state index in [0.717, 1.165) is 19.4 Å². The number of hydrogen-bond donors (Lipinski definition) is 2. The number of oxazole rings is 1. The SMILES string of the molecule is CCN(CC(=O)O)C1CC(Nc2nc3cc(Cl)cc(Cl)c3o2)C1. The number of likely N-dealkylation sites (N-methyl/N-ethyl adjacent to an activating group) is 1. The van der Waals surface area contributed by atoms with Crippen LogP contribution in [0.3, 0.4) is 0 Å². The van der Waals surface area contributed by atoms with Crippen LogP contribution in [0.1, 0.15) is 19.8 Å². The number of hydrogen-bond acceptors (Lipinski definition) is 5. The number of carboxylic acids is 1. The lowest BCUT2D eigenvalue weighted by atomic mass is 9.85. The highest BCUT2D eigenvalue weighted by Crippen LogP contribution is 2.32. The number of carboxylic acid groups (broad SMARTS) is 1. The molecule has 0 bridgehead atoms. The van der Waals surface area contributed by atoms with Crippen molar-refractivity contribution in [1.29, 1.82) is 0 Å². The van der Waals surface area contributed by atoms with Crippen molar-refractivity contribution in [3.8, 4) is 0 Å². The van der Waals surface area contributed by atoms with Crippen LogP contribution < -0.4 is 5.32 Å². The van der Waals surface area contributed by atoms with Gasteiger partial charge in [-0.05, 0) is 31.5 Å². The van der Waals surface area contributed by atoms with Gasteiger partial charge in [-0.3, -0.25) is 9.69 Å². The van der Waals surface area contributed by atoms with E-state index < -0.39 is 5.97 Å². The van der Waals surface area contributed by atoms with Crippen molar-refractivity contribution in [3.05, 3.63) is 22.2 Å². The van der Waals surface area contributed by atoms with Crippen LogP contribution in [-0.2, 0) is 4.79 Å². The van der Waals surface area contributed by atoms with Crippen molar-refractivity contribution in [2.45, 2.75) is 31.8 Å². The number of aliphatic carboxylic acids is 1. The molecule has 0 spiro atoms. The summed E-state index contributed by atoms with van der Waals surface area (Å²) in [5.41, 5.74) is 1.12. The molecule has 0 saturated heterocycles. The molecule has 2 aromatic rings. The van der Waals surface area contributed by atoms with Crippen LogP contribution in [0.25, 0.3) is 11.1 Å². The third kappa shape index (κ3) is 3.54. The van der Waals surface area contributed by atoms with Gasteiger partial charge in [0, 0.05) is 17.1 Å². The summed E-state index contributed by atoms with van der Waals surface area (Å²) >= 11 is 12.0. The van der Waals surface area contributed by atoms with E-state index in [0.29, 0.717) is 27.2 Å². The second kappa shape index (κ2) is 6.55. The molecular weight excluding hydrogens is 341 g/mol. The third-order valence-corrected chi connectivity index (χ3v) is 4.61. The molecule has 1 heterocycles. The lowest BCUT2D eigenvalue weighted by molar-refractivity contribution is -0.139. The van der Waals surface area contributed by atoms with Gasteiger partial charge in [0.15, 0.2) is 5.58 Å². The molecule has 1 aromatic carbocycles. The molecule has 1 aliphatic carbocycles. The number of carbonyl (C=O) groups is 1. The van der Waals surface area contributed by atoms with Crippen molar-refractivity contribution in [3.63, 3.8) is 0 Å². The summed E-state index contributed by atoms with van der Waals surface area (Å²) in [6.07, 6.45) is 1.71. The first-order valence-corrected chi connectivity index (χ1v) is 8.19. The van der Waals surface area contributed by atoms with Gasteiger partial charge in [-0.2, -0.15) is 4.98 Å². The summed E-state index contributed by atoms with van der Waals surface area (Å²) < 4.78 is 5.63. The monoisotopic (exact) mass is 357 g/mol. The molecule has 0 unspecified atom stereocenters. The highest BCUT2D eigenvalue weighted by Gasteiger charge is 2.34. The molecule has 3 rings (SSSR count). The Morgan fingerprint density at radius 2 is 2.22 bits per heavy atom. The fraction of sp³-hybridized carbons (Fsp3) is 0.467. The molecule has 1 fully saturated rings. The molecule has 124 valence electrons. The van der Waals surface area contributed by atoms with E-state index in [9.17, 15) is 4.79 Å². The first kappa shape index (κ1) is 16.4. The van der Waals surface area contributed by atoms with Crippen LogP contribution in [-0.4, -0.2) is 46.1 Å².